The molecular formula is C4H4Cl4. The second-order valence-corrected chi connectivity index (χ2v) is 3.00. The Kier molecular flexibility index (Phi) is 5.28. The van der Waals surface area contributed by atoms with Gasteiger partial charge in [0.25, 0.3) is 0 Å². The molecule has 0 spiro atoms. The van der Waals surface area contributed by atoms with E-state index >= 15 is 0 Å². The van der Waals surface area contributed by atoms with Crippen molar-refractivity contribution in [2.45, 2.75) is 5.38 Å². The highest BCUT2D eigenvalue weighted by atomic mass is 35.5. The van der Waals surface area contributed by atoms with Crippen molar-refractivity contribution in [2.24, 2.45) is 0 Å². The van der Waals surface area contributed by atoms with Gasteiger partial charge < -0.3 is 0 Å². The van der Waals surface area contributed by atoms with E-state index in [-0.39, 0.29) is 9.87 Å². The Morgan fingerprint density at radius 2 is 2.00 bits per heavy atom. The van der Waals surface area contributed by atoms with E-state index in [0.717, 1.165) is 0 Å². The fourth-order valence-corrected chi connectivity index (χ4v) is 0.829. The molecule has 8 heavy (non-hydrogen) atoms. The van der Waals surface area contributed by atoms with E-state index in [1.54, 1.807) is 0 Å². The third kappa shape index (κ3) is 5.04. The molecule has 0 aliphatic carbocycles. The number of allylic oxidation sites excluding steroid dienone is 1. The Hall–Kier alpha value is 0.900. The van der Waals surface area contributed by atoms with Crippen LogP contribution in [0.15, 0.2) is 10.6 Å². The van der Waals surface area contributed by atoms with Gasteiger partial charge in [0.1, 0.15) is 4.49 Å². The summed E-state index contributed by atoms with van der Waals surface area (Å²) >= 11 is 21.3. The molecule has 0 nitrogen and oxygen atoms in total. The van der Waals surface area contributed by atoms with E-state index in [2.05, 4.69) is 0 Å². The van der Waals surface area contributed by atoms with Gasteiger partial charge in [0.2, 0.25) is 0 Å². The maximum Gasteiger partial charge on any atom is 0.104 e. The van der Waals surface area contributed by atoms with Crippen molar-refractivity contribution in [1.82, 2.24) is 0 Å². The van der Waals surface area contributed by atoms with Crippen LogP contribution in [0.1, 0.15) is 0 Å². The number of hydrogen-bond donors (Lipinski definition) is 0. The highest BCUT2D eigenvalue weighted by molar-refractivity contribution is 6.56. The largest absolute Gasteiger partial charge is 0.125 e. The highest BCUT2D eigenvalue weighted by Gasteiger charge is 1.96. The van der Waals surface area contributed by atoms with Crippen LogP contribution < -0.4 is 0 Å². The normalized spacial score (nSPS) is 13.0. The lowest BCUT2D eigenvalue weighted by Gasteiger charge is -1.92. The number of alkyl halides is 2. The van der Waals surface area contributed by atoms with E-state index in [1.165, 1.54) is 6.08 Å². The number of halogens is 4. The van der Waals surface area contributed by atoms with Crippen LogP contribution in [0.5, 0.6) is 0 Å². The van der Waals surface area contributed by atoms with Crippen LogP contribution in [0.4, 0.5) is 0 Å². The molecule has 0 bridgehead atoms. The first-order chi connectivity index (χ1) is 3.66. The molecule has 0 aromatic heterocycles. The monoisotopic (exact) mass is 192 g/mol. The molecule has 1 atom stereocenters. The topological polar surface area (TPSA) is 0 Å². The molecule has 0 rings (SSSR count). The molecule has 0 N–H and O–H groups in total. The minimum absolute atomic E-state index is 0.158. The lowest BCUT2D eigenvalue weighted by atomic mass is 10.5. The molecule has 1 unspecified atom stereocenters. The standard InChI is InChI=1S/C4H4Cl4/c5-2-3(6)1-4(7)8/h1,3H,2H2. The van der Waals surface area contributed by atoms with Crippen molar-refractivity contribution in [1.29, 1.82) is 0 Å². The lowest BCUT2D eigenvalue weighted by molar-refractivity contribution is 1.24. The maximum atomic E-state index is 5.48. The molecule has 0 amide bonds. The van der Waals surface area contributed by atoms with Gasteiger partial charge in [0.15, 0.2) is 0 Å². The van der Waals surface area contributed by atoms with Gasteiger partial charge >= 0.3 is 0 Å². The summed E-state index contributed by atoms with van der Waals surface area (Å²) in [6.45, 7) is 0. The third-order valence-corrected chi connectivity index (χ3v) is 1.48. The Bertz CT molecular complexity index is 84.0. The van der Waals surface area contributed by atoms with Crippen molar-refractivity contribution in [3.05, 3.63) is 10.6 Å². The van der Waals surface area contributed by atoms with E-state index in [0.29, 0.717) is 5.88 Å². The summed E-state index contributed by atoms with van der Waals surface area (Å²) in [6, 6.07) is 0. The first-order valence-corrected chi connectivity index (χ1v) is 3.62. The molecule has 0 saturated carbocycles. The van der Waals surface area contributed by atoms with Crippen LogP contribution in [-0.2, 0) is 0 Å². The smallest absolute Gasteiger partial charge is 0.104 e. The maximum absolute atomic E-state index is 5.48. The van der Waals surface area contributed by atoms with Crippen molar-refractivity contribution in [2.75, 3.05) is 5.88 Å². The van der Waals surface area contributed by atoms with Gasteiger partial charge in [-0.3, -0.25) is 0 Å². The molecule has 0 aromatic rings. The number of rotatable bonds is 2. The summed E-state index contributed by atoms with van der Waals surface area (Å²) < 4.78 is 0.158. The van der Waals surface area contributed by atoms with Crippen molar-refractivity contribution in [3.8, 4) is 0 Å². The van der Waals surface area contributed by atoms with Crippen LogP contribution in [-0.4, -0.2) is 11.3 Å². The number of hydrogen-bond acceptors (Lipinski definition) is 0. The average Bonchev–Trinajstić information content (AvgIpc) is 1.65. The molecule has 0 fully saturated rings. The molecular weight excluding hydrogens is 190 g/mol. The lowest BCUT2D eigenvalue weighted by Crippen LogP contribution is -1.92. The van der Waals surface area contributed by atoms with Gasteiger partial charge in [0.05, 0.1) is 5.38 Å². The third-order valence-electron chi connectivity index (χ3n) is 0.454. The zero-order valence-electron chi connectivity index (χ0n) is 3.87. The first-order valence-electron chi connectivity index (χ1n) is 1.89. The van der Waals surface area contributed by atoms with E-state index in [1.807, 2.05) is 0 Å². The second-order valence-electron chi connectivity index (χ2n) is 1.13. The van der Waals surface area contributed by atoms with Gasteiger partial charge in [-0.25, -0.2) is 0 Å². The molecule has 0 heterocycles. The van der Waals surface area contributed by atoms with Gasteiger partial charge in [-0.05, 0) is 6.08 Å². The molecule has 4 heteroatoms. The van der Waals surface area contributed by atoms with Crippen molar-refractivity contribution in [3.63, 3.8) is 0 Å². The summed E-state index contributed by atoms with van der Waals surface area (Å²) in [5, 5.41) is -0.262. The summed E-state index contributed by atoms with van der Waals surface area (Å²) in [5.74, 6) is 0.324. The van der Waals surface area contributed by atoms with Gasteiger partial charge in [-0.15, -0.1) is 23.2 Å². The Morgan fingerprint density at radius 3 is 2.12 bits per heavy atom. The second kappa shape index (κ2) is 4.75. The molecule has 0 aliphatic rings. The first kappa shape index (κ1) is 8.90. The van der Waals surface area contributed by atoms with Gasteiger partial charge in [-0.1, -0.05) is 23.2 Å². The minimum atomic E-state index is -0.262. The predicted octanol–water partition coefficient (Wildman–Crippen LogP) is 3.15. The Labute approximate surface area is 68.4 Å². The summed E-state index contributed by atoms with van der Waals surface area (Å²) in [4.78, 5) is 0. The van der Waals surface area contributed by atoms with E-state index in [4.69, 9.17) is 46.4 Å². The zero-order valence-corrected chi connectivity index (χ0v) is 6.90. The molecule has 0 radical (unpaired) electrons. The summed E-state index contributed by atoms with van der Waals surface area (Å²) in [7, 11) is 0. The fraction of sp³-hybridized carbons (Fsp3) is 0.500. The zero-order chi connectivity index (χ0) is 6.57. The summed E-state index contributed by atoms with van der Waals surface area (Å²) in [6.07, 6.45) is 1.47. The predicted molar refractivity (Wildman–Crippen MR) is 40.2 cm³/mol. The fourth-order valence-electron chi connectivity index (χ4n) is 0.181. The van der Waals surface area contributed by atoms with Crippen LogP contribution in [0.2, 0.25) is 0 Å². The van der Waals surface area contributed by atoms with Crippen LogP contribution in [0.25, 0.3) is 0 Å². The molecule has 0 aliphatic heterocycles. The minimum Gasteiger partial charge on any atom is -0.125 e. The van der Waals surface area contributed by atoms with Crippen LogP contribution in [0.3, 0.4) is 0 Å². The van der Waals surface area contributed by atoms with Gasteiger partial charge in [-0.2, -0.15) is 0 Å². The highest BCUT2D eigenvalue weighted by Crippen LogP contribution is 2.11. The van der Waals surface area contributed by atoms with Crippen molar-refractivity contribution >= 4 is 46.4 Å². The SMILES string of the molecule is ClCC(Cl)C=C(Cl)Cl. The van der Waals surface area contributed by atoms with Crippen LogP contribution in [0, 0.1) is 0 Å². The van der Waals surface area contributed by atoms with E-state index < -0.39 is 0 Å². The molecule has 0 aromatic carbocycles. The average molecular weight is 194 g/mol. The molecule has 48 valence electrons. The quantitative estimate of drug-likeness (QED) is 0.592. The molecule has 0 saturated heterocycles. The van der Waals surface area contributed by atoms with E-state index in [9.17, 15) is 0 Å². The van der Waals surface area contributed by atoms with Crippen LogP contribution >= 0.6 is 46.4 Å². The Balaban J connectivity index is 3.51. The summed E-state index contributed by atoms with van der Waals surface area (Å²) in [5.41, 5.74) is 0. The van der Waals surface area contributed by atoms with Gasteiger partial charge in [0, 0.05) is 5.88 Å². The van der Waals surface area contributed by atoms with Crippen molar-refractivity contribution < 1.29 is 0 Å². The Morgan fingerprint density at radius 1 is 1.50 bits per heavy atom.